The van der Waals surface area contributed by atoms with Gasteiger partial charge < -0.3 is 10.3 Å². The predicted molar refractivity (Wildman–Crippen MR) is 70.0 cm³/mol. The number of thioether (sulfide) groups is 1. The molecule has 17 heavy (non-hydrogen) atoms. The van der Waals surface area contributed by atoms with Crippen molar-refractivity contribution in [3.63, 3.8) is 0 Å². The highest BCUT2D eigenvalue weighted by Crippen LogP contribution is 2.20. The van der Waals surface area contributed by atoms with E-state index in [1.807, 2.05) is 12.1 Å². The molecule has 0 amide bonds. The van der Waals surface area contributed by atoms with Crippen molar-refractivity contribution in [1.29, 1.82) is 0 Å². The third-order valence-electron chi connectivity index (χ3n) is 2.05. The Hall–Kier alpha value is -1.04. The molecule has 0 radical (unpaired) electrons. The molecule has 1 aromatic heterocycles. The Morgan fingerprint density at radius 1 is 1.29 bits per heavy atom. The summed E-state index contributed by atoms with van der Waals surface area (Å²) in [5.41, 5.74) is 6.28. The molecular weight excluding hydrogens is 258 g/mol. The molecule has 0 aliphatic rings. The molecule has 2 rings (SSSR count). The summed E-state index contributed by atoms with van der Waals surface area (Å²) in [6.45, 7) is 0.659. The standard InChI is InChI=1S/C11H12ClN3OS/c12-9-3-1-8(2-4-9)11-14-10(15-16-11)7-17-6-5-13/h1-4H,5-7,13H2. The highest BCUT2D eigenvalue weighted by atomic mass is 35.5. The van der Waals surface area contributed by atoms with Crippen LogP contribution in [-0.4, -0.2) is 22.4 Å². The average Bonchev–Trinajstić information content (AvgIpc) is 2.79. The molecule has 0 spiro atoms. The average molecular weight is 270 g/mol. The first-order valence-corrected chi connectivity index (χ1v) is 6.69. The number of aromatic nitrogens is 2. The van der Waals surface area contributed by atoms with Crippen LogP contribution in [0.15, 0.2) is 28.8 Å². The highest BCUT2D eigenvalue weighted by Gasteiger charge is 2.08. The molecule has 90 valence electrons. The quantitative estimate of drug-likeness (QED) is 0.845. The van der Waals surface area contributed by atoms with Crippen LogP contribution in [0.4, 0.5) is 0 Å². The Bertz CT molecular complexity index is 472. The zero-order chi connectivity index (χ0) is 12.1. The number of rotatable bonds is 5. The molecule has 1 aromatic carbocycles. The van der Waals surface area contributed by atoms with E-state index in [2.05, 4.69) is 10.1 Å². The summed E-state index contributed by atoms with van der Waals surface area (Å²) in [5, 5.41) is 4.59. The number of nitrogens with two attached hydrogens (primary N) is 1. The van der Waals surface area contributed by atoms with Crippen LogP contribution in [0.1, 0.15) is 5.82 Å². The lowest BCUT2D eigenvalue weighted by Crippen LogP contribution is -2.01. The third-order valence-corrected chi connectivity index (χ3v) is 3.29. The van der Waals surface area contributed by atoms with Gasteiger partial charge in [0.15, 0.2) is 5.82 Å². The maximum Gasteiger partial charge on any atom is 0.257 e. The van der Waals surface area contributed by atoms with Crippen LogP contribution in [0.3, 0.4) is 0 Å². The van der Waals surface area contributed by atoms with Gasteiger partial charge in [0.25, 0.3) is 5.89 Å². The maximum absolute atomic E-state index is 5.81. The molecule has 0 atom stereocenters. The van der Waals surface area contributed by atoms with Crippen LogP contribution in [0.2, 0.25) is 5.02 Å². The Labute approximate surface area is 109 Å². The SMILES string of the molecule is NCCSCc1noc(-c2ccc(Cl)cc2)n1. The molecule has 0 saturated heterocycles. The molecular formula is C11H12ClN3OS. The van der Waals surface area contributed by atoms with Crippen LogP contribution in [0.25, 0.3) is 11.5 Å². The van der Waals surface area contributed by atoms with Gasteiger partial charge in [0.2, 0.25) is 0 Å². The largest absolute Gasteiger partial charge is 0.334 e. The van der Waals surface area contributed by atoms with E-state index in [-0.39, 0.29) is 0 Å². The number of hydrogen-bond donors (Lipinski definition) is 1. The van der Waals surface area contributed by atoms with Gasteiger partial charge in [-0.15, -0.1) is 0 Å². The zero-order valence-corrected chi connectivity index (χ0v) is 10.7. The Morgan fingerprint density at radius 3 is 2.76 bits per heavy atom. The van der Waals surface area contributed by atoms with Gasteiger partial charge in [-0.2, -0.15) is 16.7 Å². The van der Waals surface area contributed by atoms with Gasteiger partial charge in [-0.05, 0) is 24.3 Å². The maximum atomic E-state index is 5.81. The summed E-state index contributed by atoms with van der Waals surface area (Å²) in [5.74, 6) is 2.82. The second kappa shape index (κ2) is 6.05. The molecule has 4 nitrogen and oxygen atoms in total. The van der Waals surface area contributed by atoms with Gasteiger partial charge >= 0.3 is 0 Å². The van der Waals surface area contributed by atoms with E-state index in [1.165, 1.54) is 0 Å². The minimum Gasteiger partial charge on any atom is -0.334 e. The summed E-state index contributed by atoms with van der Waals surface area (Å²) in [6, 6.07) is 7.30. The van der Waals surface area contributed by atoms with E-state index in [1.54, 1.807) is 23.9 Å². The molecule has 0 unspecified atom stereocenters. The summed E-state index contributed by atoms with van der Waals surface area (Å²) in [7, 11) is 0. The van der Waals surface area contributed by atoms with Gasteiger partial charge in [0.05, 0.1) is 5.75 Å². The molecule has 0 aliphatic heterocycles. The van der Waals surface area contributed by atoms with Gasteiger partial charge in [0.1, 0.15) is 0 Å². The van der Waals surface area contributed by atoms with Crippen molar-refractivity contribution in [2.75, 3.05) is 12.3 Å². The monoisotopic (exact) mass is 269 g/mol. The van der Waals surface area contributed by atoms with Crippen molar-refractivity contribution in [3.8, 4) is 11.5 Å². The van der Waals surface area contributed by atoms with Gasteiger partial charge in [-0.3, -0.25) is 0 Å². The minimum atomic E-state index is 0.519. The first-order valence-electron chi connectivity index (χ1n) is 5.16. The lowest BCUT2D eigenvalue weighted by molar-refractivity contribution is 0.425. The first kappa shape index (κ1) is 12.4. The van der Waals surface area contributed by atoms with Crippen LogP contribution in [0.5, 0.6) is 0 Å². The van der Waals surface area contributed by atoms with E-state index < -0.39 is 0 Å². The third kappa shape index (κ3) is 3.46. The fourth-order valence-corrected chi connectivity index (χ4v) is 2.01. The summed E-state index contributed by atoms with van der Waals surface area (Å²) in [6.07, 6.45) is 0. The van der Waals surface area contributed by atoms with Crippen molar-refractivity contribution in [1.82, 2.24) is 10.1 Å². The van der Waals surface area contributed by atoms with Gasteiger partial charge in [-0.1, -0.05) is 16.8 Å². The number of benzene rings is 1. The van der Waals surface area contributed by atoms with Crippen molar-refractivity contribution >= 4 is 23.4 Å². The van der Waals surface area contributed by atoms with Crippen molar-refractivity contribution in [3.05, 3.63) is 35.1 Å². The molecule has 2 N–H and O–H groups in total. The van der Waals surface area contributed by atoms with Crippen molar-refractivity contribution in [2.45, 2.75) is 5.75 Å². The van der Waals surface area contributed by atoms with E-state index in [9.17, 15) is 0 Å². The second-order valence-corrected chi connectivity index (χ2v) is 4.91. The van der Waals surface area contributed by atoms with E-state index in [0.717, 1.165) is 11.3 Å². The number of nitrogens with zero attached hydrogens (tertiary/aromatic N) is 2. The number of hydrogen-bond acceptors (Lipinski definition) is 5. The molecule has 2 aromatic rings. The lowest BCUT2D eigenvalue weighted by Gasteiger charge is -1.93. The molecule has 1 heterocycles. The molecule has 0 saturated carbocycles. The van der Waals surface area contributed by atoms with Crippen LogP contribution < -0.4 is 5.73 Å². The zero-order valence-electron chi connectivity index (χ0n) is 9.10. The number of halogens is 1. The molecule has 0 fully saturated rings. The Kier molecular flexibility index (Phi) is 4.42. The predicted octanol–water partition coefficient (Wildman–Crippen LogP) is 2.58. The van der Waals surface area contributed by atoms with Crippen molar-refractivity contribution in [2.24, 2.45) is 5.73 Å². The molecule has 6 heteroatoms. The van der Waals surface area contributed by atoms with Gasteiger partial charge in [-0.25, -0.2) is 0 Å². The van der Waals surface area contributed by atoms with E-state index in [0.29, 0.717) is 29.0 Å². The molecule has 0 aliphatic carbocycles. The van der Waals surface area contributed by atoms with Gasteiger partial charge in [0, 0.05) is 22.9 Å². The van der Waals surface area contributed by atoms with Crippen LogP contribution in [0, 0.1) is 0 Å². The summed E-state index contributed by atoms with van der Waals surface area (Å²) < 4.78 is 5.17. The first-order chi connectivity index (χ1) is 8.29. The van der Waals surface area contributed by atoms with Crippen LogP contribution in [-0.2, 0) is 5.75 Å². The Balaban J connectivity index is 2.04. The fourth-order valence-electron chi connectivity index (χ4n) is 1.27. The Morgan fingerprint density at radius 2 is 2.06 bits per heavy atom. The topological polar surface area (TPSA) is 64.9 Å². The minimum absolute atomic E-state index is 0.519. The molecule has 0 bridgehead atoms. The van der Waals surface area contributed by atoms with E-state index in [4.69, 9.17) is 21.9 Å². The fraction of sp³-hybridized carbons (Fsp3) is 0.273. The van der Waals surface area contributed by atoms with E-state index >= 15 is 0 Å². The summed E-state index contributed by atoms with van der Waals surface area (Å²) in [4.78, 5) is 4.30. The van der Waals surface area contributed by atoms with Crippen molar-refractivity contribution < 1.29 is 4.52 Å². The normalized spacial score (nSPS) is 10.7. The van der Waals surface area contributed by atoms with Crippen LogP contribution >= 0.6 is 23.4 Å². The lowest BCUT2D eigenvalue weighted by atomic mass is 10.2. The highest BCUT2D eigenvalue weighted by molar-refractivity contribution is 7.98. The smallest absolute Gasteiger partial charge is 0.257 e. The second-order valence-electron chi connectivity index (χ2n) is 3.36. The summed E-state index contributed by atoms with van der Waals surface area (Å²) >= 11 is 7.49.